The van der Waals surface area contributed by atoms with E-state index >= 15 is 0 Å². The molecule has 0 saturated carbocycles. The molecule has 0 aliphatic carbocycles. The predicted octanol–water partition coefficient (Wildman–Crippen LogP) is 3.36. The SMILES string of the molecule is CCC.CS.Cc1ccc(C(N)=O)cc1C. The van der Waals surface area contributed by atoms with Crippen LogP contribution in [0.4, 0.5) is 0 Å². The number of benzene rings is 1. The van der Waals surface area contributed by atoms with Crippen LogP contribution in [0.5, 0.6) is 0 Å². The zero-order valence-electron chi connectivity index (χ0n) is 10.9. The molecule has 0 aromatic heterocycles. The molecule has 1 rings (SSSR count). The number of primary amides is 1. The van der Waals surface area contributed by atoms with Gasteiger partial charge in [0.25, 0.3) is 0 Å². The van der Waals surface area contributed by atoms with Gasteiger partial charge in [0.15, 0.2) is 0 Å². The Kier molecular flexibility index (Phi) is 11.5. The van der Waals surface area contributed by atoms with Crippen LogP contribution >= 0.6 is 12.6 Å². The minimum atomic E-state index is -0.367. The van der Waals surface area contributed by atoms with E-state index in [4.69, 9.17) is 5.73 Å². The molecule has 2 N–H and O–H groups in total. The van der Waals surface area contributed by atoms with Gasteiger partial charge in [-0.1, -0.05) is 26.3 Å². The zero-order valence-corrected chi connectivity index (χ0v) is 11.8. The summed E-state index contributed by atoms with van der Waals surface area (Å²) in [5.41, 5.74) is 7.95. The van der Waals surface area contributed by atoms with Crippen LogP contribution in [0, 0.1) is 13.8 Å². The van der Waals surface area contributed by atoms with Crippen LogP contribution in [-0.4, -0.2) is 12.2 Å². The molecule has 0 spiro atoms. The number of hydrogen-bond acceptors (Lipinski definition) is 2. The van der Waals surface area contributed by atoms with Crippen LogP contribution in [-0.2, 0) is 0 Å². The van der Waals surface area contributed by atoms with E-state index in [9.17, 15) is 4.79 Å². The van der Waals surface area contributed by atoms with Gasteiger partial charge in [0.05, 0.1) is 0 Å². The average Bonchev–Trinajstić information content (AvgIpc) is 2.26. The Bertz CT molecular complexity index is 311. The second-order valence-electron chi connectivity index (χ2n) is 3.37. The smallest absolute Gasteiger partial charge is 0.248 e. The van der Waals surface area contributed by atoms with E-state index in [1.807, 2.05) is 19.9 Å². The Balaban J connectivity index is 0. The summed E-state index contributed by atoms with van der Waals surface area (Å²) >= 11 is 3.53. The first-order valence-electron chi connectivity index (χ1n) is 5.34. The molecule has 0 heterocycles. The molecule has 16 heavy (non-hydrogen) atoms. The van der Waals surface area contributed by atoms with Gasteiger partial charge in [0.2, 0.25) is 5.91 Å². The highest BCUT2D eigenvalue weighted by atomic mass is 32.1. The predicted molar refractivity (Wildman–Crippen MR) is 75.3 cm³/mol. The Labute approximate surface area is 105 Å². The van der Waals surface area contributed by atoms with Crippen molar-refractivity contribution in [1.29, 1.82) is 0 Å². The van der Waals surface area contributed by atoms with E-state index in [1.165, 1.54) is 12.0 Å². The van der Waals surface area contributed by atoms with Crippen molar-refractivity contribution in [3.05, 3.63) is 34.9 Å². The molecule has 2 nitrogen and oxygen atoms in total. The highest BCUT2D eigenvalue weighted by Gasteiger charge is 2.00. The lowest BCUT2D eigenvalue weighted by Crippen LogP contribution is -2.10. The summed E-state index contributed by atoms with van der Waals surface area (Å²) in [5, 5.41) is 0. The summed E-state index contributed by atoms with van der Waals surface area (Å²) in [6.07, 6.45) is 2.94. The molecule has 3 heteroatoms. The van der Waals surface area contributed by atoms with Crippen molar-refractivity contribution in [2.45, 2.75) is 34.1 Å². The standard InChI is InChI=1S/C9H11NO.C3H8.CH4S/c1-6-3-4-8(9(10)11)5-7(6)2;1-3-2;1-2/h3-5H,1-2H3,(H2,10,11);3H2,1-2H3;2H,1H3. The van der Waals surface area contributed by atoms with E-state index < -0.39 is 0 Å². The Morgan fingerprint density at radius 2 is 1.62 bits per heavy atom. The molecular weight excluding hydrogens is 218 g/mol. The molecule has 0 atom stereocenters. The minimum absolute atomic E-state index is 0.367. The van der Waals surface area contributed by atoms with Gasteiger partial charge < -0.3 is 5.73 Å². The van der Waals surface area contributed by atoms with Crippen LogP contribution in [0.2, 0.25) is 0 Å². The first-order chi connectivity index (χ1) is 7.52. The molecule has 0 aliphatic heterocycles. The average molecular weight is 241 g/mol. The van der Waals surface area contributed by atoms with Crippen molar-refractivity contribution in [3.63, 3.8) is 0 Å². The van der Waals surface area contributed by atoms with Gasteiger partial charge in [0, 0.05) is 5.56 Å². The summed E-state index contributed by atoms with van der Waals surface area (Å²) < 4.78 is 0. The number of thiol groups is 1. The number of nitrogens with two attached hydrogens (primary N) is 1. The highest BCUT2D eigenvalue weighted by molar-refractivity contribution is 7.79. The number of aryl methyl sites for hydroxylation is 2. The summed E-state index contributed by atoms with van der Waals surface area (Å²) in [6.45, 7) is 8.21. The number of carbonyl (C=O) groups excluding carboxylic acids is 1. The molecule has 1 aromatic rings. The van der Waals surface area contributed by atoms with E-state index in [-0.39, 0.29) is 5.91 Å². The maximum Gasteiger partial charge on any atom is 0.248 e. The van der Waals surface area contributed by atoms with Crippen LogP contribution in [0.1, 0.15) is 41.8 Å². The molecule has 0 aliphatic rings. The first-order valence-corrected chi connectivity index (χ1v) is 6.24. The molecule has 0 unspecified atom stereocenters. The van der Waals surface area contributed by atoms with Gasteiger partial charge in [-0.2, -0.15) is 12.6 Å². The summed E-state index contributed by atoms with van der Waals surface area (Å²) in [7, 11) is 0. The normalized spacial score (nSPS) is 8.12. The molecule has 1 amide bonds. The fourth-order valence-corrected chi connectivity index (χ4v) is 0.895. The monoisotopic (exact) mass is 241 g/mol. The molecular formula is C13H23NOS. The number of amides is 1. The molecule has 0 bridgehead atoms. The van der Waals surface area contributed by atoms with Crippen LogP contribution in [0.15, 0.2) is 18.2 Å². The Morgan fingerprint density at radius 1 is 1.19 bits per heavy atom. The summed E-state index contributed by atoms with van der Waals surface area (Å²) in [4.78, 5) is 10.7. The summed E-state index contributed by atoms with van der Waals surface area (Å²) in [5.74, 6) is -0.367. The lowest BCUT2D eigenvalue weighted by molar-refractivity contribution is 0.1000. The van der Waals surface area contributed by atoms with E-state index in [1.54, 1.807) is 18.4 Å². The first kappa shape index (κ1) is 17.4. The minimum Gasteiger partial charge on any atom is -0.366 e. The third-order valence-electron chi connectivity index (χ3n) is 1.79. The van der Waals surface area contributed by atoms with Crippen molar-refractivity contribution in [1.82, 2.24) is 0 Å². The quantitative estimate of drug-likeness (QED) is 0.727. The van der Waals surface area contributed by atoms with Gasteiger partial charge in [0.1, 0.15) is 0 Å². The van der Waals surface area contributed by atoms with Crippen molar-refractivity contribution in [3.8, 4) is 0 Å². The zero-order chi connectivity index (χ0) is 13.1. The van der Waals surface area contributed by atoms with E-state index in [0.717, 1.165) is 5.56 Å². The fraction of sp³-hybridized carbons (Fsp3) is 0.462. The van der Waals surface area contributed by atoms with E-state index in [0.29, 0.717) is 5.56 Å². The van der Waals surface area contributed by atoms with Crippen molar-refractivity contribution in [2.75, 3.05) is 6.26 Å². The molecule has 0 saturated heterocycles. The van der Waals surface area contributed by atoms with Gasteiger partial charge in [-0.25, -0.2) is 0 Å². The van der Waals surface area contributed by atoms with Crippen LogP contribution < -0.4 is 5.73 Å². The van der Waals surface area contributed by atoms with E-state index in [2.05, 4.69) is 26.5 Å². The highest BCUT2D eigenvalue weighted by Crippen LogP contribution is 2.08. The van der Waals surface area contributed by atoms with Crippen molar-refractivity contribution in [2.24, 2.45) is 5.73 Å². The topological polar surface area (TPSA) is 43.1 Å². The third-order valence-corrected chi connectivity index (χ3v) is 1.79. The maximum absolute atomic E-state index is 10.7. The molecule has 1 aromatic carbocycles. The Morgan fingerprint density at radius 3 is 1.94 bits per heavy atom. The Hall–Kier alpha value is -0.960. The fourth-order valence-electron chi connectivity index (χ4n) is 0.895. The molecule has 92 valence electrons. The van der Waals surface area contributed by atoms with Gasteiger partial charge >= 0.3 is 0 Å². The van der Waals surface area contributed by atoms with Gasteiger partial charge in [-0.15, -0.1) is 0 Å². The van der Waals surface area contributed by atoms with Crippen LogP contribution in [0.3, 0.4) is 0 Å². The van der Waals surface area contributed by atoms with Crippen molar-refractivity contribution >= 4 is 18.5 Å². The molecule has 0 radical (unpaired) electrons. The maximum atomic E-state index is 10.7. The molecule has 0 fully saturated rings. The second kappa shape index (κ2) is 10.6. The number of rotatable bonds is 1. The third kappa shape index (κ3) is 7.35. The largest absolute Gasteiger partial charge is 0.366 e. The summed E-state index contributed by atoms with van der Waals surface area (Å²) in [6, 6.07) is 5.44. The van der Waals surface area contributed by atoms with Gasteiger partial charge in [-0.3, -0.25) is 4.79 Å². The number of hydrogen-bond donors (Lipinski definition) is 2. The lowest BCUT2D eigenvalue weighted by atomic mass is 10.1. The number of carbonyl (C=O) groups is 1. The lowest BCUT2D eigenvalue weighted by Gasteiger charge is -2.00. The van der Waals surface area contributed by atoms with Gasteiger partial charge in [-0.05, 0) is 43.4 Å². The second-order valence-corrected chi connectivity index (χ2v) is 3.37. The van der Waals surface area contributed by atoms with Crippen LogP contribution in [0.25, 0.3) is 0 Å². The van der Waals surface area contributed by atoms with Crippen molar-refractivity contribution < 1.29 is 4.79 Å².